The van der Waals surface area contributed by atoms with Gasteiger partial charge in [0, 0.05) is 11.6 Å². The molecule has 1 fully saturated rings. The molecule has 1 aromatic carbocycles. The highest BCUT2D eigenvalue weighted by atomic mass is 32.1. The molecule has 0 radical (unpaired) electrons. The molecule has 2 aromatic rings. The maximum atomic E-state index is 5.56. The predicted molar refractivity (Wildman–Crippen MR) is 93.0 cm³/mol. The van der Waals surface area contributed by atoms with Crippen LogP contribution in [0, 0.1) is 0 Å². The Hall–Kier alpha value is -1.86. The largest absolute Gasteiger partial charge is 0.497 e. The van der Waals surface area contributed by atoms with Gasteiger partial charge in [0.2, 0.25) is 0 Å². The van der Waals surface area contributed by atoms with E-state index in [1.54, 1.807) is 14.2 Å². The fourth-order valence-corrected chi connectivity index (χ4v) is 3.90. The fourth-order valence-electron chi connectivity index (χ4n) is 3.13. The summed E-state index contributed by atoms with van der Waals surface area (Å²) in [5.41, 5.74) is 1.17. The van der Waals surface area contributed by atoms with E-state index in [0.29, 0.717) is 17.8 Å². The molecule has 1 atom stereocenters. The topological polar surface area (TPSA) is 56.7 Å². The Morgan fingerprint density at radius 3 is 2.88 bits per heavy atom. The Labute approximate surface area is 146 Å². The van der Waals surface area contributed by atoms with E-state index in [1.165, 1.54) is 16.9 Å². The second kappa shape index (κ2) is 7.81. The highest BCUT2D eigenvalue weighted by molar-refractivity contribution is 7.13. The van der Waals surface area contributed by atoms with Crippen molar-refractivity contribution < 1.29 is 14.2 Å². The summed E-state index contributed by atoms with van der Waals surface area (Å²) in [4.78, 5) is 2.42. The molecule has 1 aliphatic heterocycles. The number of aromatic nitrogens is 2. The molecule has 0 aliphatic carbocycles. The Bertz CT molecular complexity index is 677. The van der Waals surface area contributed by atoms with Crippen LogP contribution in [0.3, 0.4) is 0 Å². The average molecular weight is 349 g/mol. The molecule has 7 heteroatoms. The van der Waals surface area contributed by atoms with E-state index >= 15 is 0 Å². The maximum absolute atomic E-state index is 5.56. The van der Waals surface area contributed by atoms with Crippen LogP contribution in [0.4, 0.5) is 0 Å². The van der Waals surface area contributed by atoms with Gasteiger partial charge >= 0.3 is 0 Å². The first kappa shape index (κ1) is 17.0. The van der Waals surface area contributed by atoms with Crippen LogP contribution in [0.15, 0.2) is 18.2 Å². The van der Waals surface area contributed by atoms with Crippen molar-refractivity contribution in [2.45, 2.75) is 32.4 Å². The molecule has 0 N–H and O–H groups in total. The summed E-state index contributed by atoms with van der Waals surface area (Å²) < 4.78 is 16.4. The van der Waals surface area contributed by atoms with Crippen molar-refractivity contribution in [1.82, 2.24) is 15.1 Å². The summed E-state index contributed by atoms with van der Waals surface area (Å²) in [7, 11) is 3.40. The van der Waals surface area contributed by atoms with Gasteiger partial charge in [-0.25, -0.2) is 0 Å². The number of methoxy groups -OCH3 is 2. The lowest BCUT2D eigenvalue weighted by atomic mass is 10.0. The highest BCUT2D eigenvalue weighted by Crippen LogP contribution is 2.39. The standard InChI is InChI=1S/C17H23N3O3S/c1-4-23-17-19-18-16(24-17)11-20-9-5-6-14(20)13-10-12(21-2)7-8-15(13)22-3/h7-8,10,14H,4-6,9,11H2,1-3H3/t14-/m0/s1. The summed E-state index contributed by atoms with van der Waals surface area (Å²) in [6, 6.07) is 6.28. The molecule has 130 valence electrons. The average Bonchev–Trinajstić information content (AvgIpc) is 3.24. The molecular weight excluding hydrogens is 326 g/mol. The third-order valence-corrected chi connectivity index (χ3v) is 5.03. The van der Waals surface area contributed by atoms with Crippen LogP contribution in [0.1, 0.15) is 36.4 Å². The molecule has 0 spiro atoms. The van der Waals surface area contributed by atoms with E-state index in [1.807, 2.05) is 19.1 Å². The minimum Gasteiger partial charge on any atom is -0.497 e. The number of benzene rings is 1. The van der Waals surface area contributed by atoms with Crippen LogP contribution < -0.4 is 14.2 Å². The Morgan fingerprint density at radius 1 is 1.25 bits per heavy atom. The van der Waals surface area contributed by atoms with Crippen molar-refractivity contribution in [3.8, 4) is 16.7 Å². The van der Waals surface area contributed by atoms with Crippen molar-refractivity contribution in [2.75, 3.05) is 27.4 Å². The van der Waals surface area contributed by atoms with Crippen molar-refractivity contribution in [3.05, 3.63) is 28.8 Å². The van der Waals surface area contributed by atoms with Crippen LogP contribution in [0.5, 0.6) is 16.7 Å². The second-order valence-corrected chi connectivity index (χ2v) is 6.66. The Morgan fingerprint density at radius 2 is 2.12 bits per heavy atom. The Balaban J connectivity index is 1.79. The minimum absolute atomic E-state index is 0.300. The molecule has 0 saturated carbocycles. The lowest BCUT2D eigenvalue weighted by Crippen LogP contribution is -2.23. The highest BCUT2D eigenvalue weighted by Gasteiger charge is 2.29. The molecule has 1 aliphatic rings. The maximum Gasteiger partial charge on any atom is 0.294 e. The molecule has 1 saturated heterocycles. The first-order valence-electron chi connectivity index (χ1n) is 8.16. The molecule has 2 heterocycles. The zero-order valence-electron chi connectivity index (χ0n) is 14.3. The van der Waals surface area contributed by atoms with Crippen LogP contribution in [0.2, 0.25) is 0 Å². The van der Waals surface area contributed by atoms with Gasteiger partial charge in [-0.15, -0.1) is 10.2 Å². The van der Waals surface area contributed by atoms with Gasteiger partial charge in [0.15, 0.2) is 0 Å². The predicted octanol–water partition coefficient (Wildman–Crippen LogP) is 3.29. The fraction of sp³-hybridized carbons (Fsp3) is 0.529. The molecule has 0 unspecified atom stereocenters. The van der Waals surface area contributed by atoms with Crippen molar-refractivity contribution in [2.24, 2.45) is 0 Å². The Kier molecular flexibility index (Phi) is 5.52. The number of rotatable bonds is 7. The van der Waals surface area contributed by atoms with Gasteiger partial charge < -0.3 is 14.2 Å². The lowest BCUT2D eigenvalue weighted by Gasteiger charge is -2.25. The van der Waals surface area contributed by atoms with E-state index < -0.39 is 0 Å². The van der Waals surface area contributed by atoms with E-state index in [9.17, 15) is 0 Å². The third-order valence-electron chi connectivity index (χ3n) is 4.21. The van der Waals surface area contributed by atoms with Crippen LogP contribution >= 0.6 is 11.3 Å². The number of nitrogens with zero attached hydrogens (tertiary/aromatic N) is 3. The van der Waals surface area contributed by atoms with Crippen molar-refractivity contribution >= 4 is 11.3 Å². The number of likely N-dealkylation sites (tertiary alicyclic amines) is 1. The first-order chi connectivity index (χ1) is 11.7. The molecule has 3 rings (SSSR count). The van der Waals surface area contributed by atoms with E-state index in [0.717, 1.165) is 42.4 Å². The summed E-state index contributed by atoms with van der Waals surface area (Å²) in [6.45, 7) is 4.37. The molecular formula is C17H23N3O3S. The van der Waals surface area contributed by atoms with Gasteiger partial charge in [0.1, 0.15) is 16.5 Å². The molecule has 0 amide bonds. The minimum atomic E-state index is 0.300. The third kappa shape index (κ3) is 3.62. The monoisotopic (exact) mass is 349 g/mol. The van der Waals surface area contributed by atoms with Crippen molar-refractivity contribution in [1.29, 1.82) is 0 Å². The summed E-state index contributed by atoms with van der Waals surface area (Å²) in [6.07, 6.45) is 2.25. The summed E-state index contributed by atoms with van der Waals surface area (Å²) in [5, 5.41) is 9.95. The van der Waals surface area contributed by atoms with Gasteiger partial charge in [-0.3, -0.25) is 4.90 Å². The SMILES string of the molecule is CCOc1nnc(CN2CCC[C@H]2c2cc(OC)ccc2OC)s1. The van der Waals surface area contributed by atoms with Crippen LogP contribution in [-0.2, 0) is 6.54 Å². The van der Waals surface area contributed by atoms with Gasteiger partial charge in [-0.2, -0.15) is 0 Å². The molecule has 0 bridgehead atoms. The quantitative estimate of drug-likeness (QED) is 0.764. The number of ether oxygens (including phenoxy) is 3. The number of hydrogen-bond acceptors (Lipinski definition) is 7. The van der Waals surface area contributed by atoms with Crippen LogP contribution in [0.25, 0.3) is 0 Å². The molecule has 24 heavy (non-hydrogen) atoms. The first-order valence-corrected chi connectivity index (χ1v) is 8.98. The van der Waals surface area contributed by atoms with Gasteiger partial charge in [-0.1, -0.05) is 11.3 Å². The smallest absolute Gasteiger partial charge is 0.294 e. The van der Waals surface area contributed by atoms with Crippen LogP contribution in [-0.4, -0.2) is 42.5 Å². The second-order valence-electron chi connectivity index (χ2n) is 5.63. The summed E-state index contributed by atoms with van der Waals surface area (Å²) >= 11 is 1.52. The van der Waals surface area contributed by atoms with E-state index in [2.05, 4.69) is 21.2 Å². The van der Waals surface area contributed by atoms with Crippen molar-refractivity contribution in [3.63, 3.8) is 0 Å². The zero-order valence-corrected chi connectivity index (χ0v) is 15.1. The number of hydrogen-bond donors (Lipinski definition) is 0. The lowest BCUT2D eigenvalue weighted by molar-refractivity contribution is 0.241. The zero-order chi connectivity index (χ0) is 16.9. The van der Waals surface area contributed by atoms with Gasteiger partial charge in [0.05, 0.1) is 27.4 Å². The normalized spacial score (nSPS) is 17.9. The summed E-state index contributed by atoms with van der Waals surface area (Å²) in [5.74, 6) is 1.76. The van der Waals surface area contributed by atoms with E-state index in [4.69, 9.17) is 14.2 Å². The molecule has 1 aromatic heterocycles. The molecule has 6 nitrogen and oxygen atoms in total. The van der Waals surface area contributed by atoms with Gasteiger partial charge in [-0.05, 0) is 44.5 Å². The van der Waals surface area contributed by atoms with Gasteiger partial charge in [0.25, 0.3) is 5.19 Å². The van der Waals surface area contributed by atoms with E-state index in [-0.39, 0.29) is 0 Å².